The Balaban J connectivity index is 1.48. The first kappa shape index (κ1) is 40.3. The van der Waals surface area contributed by atoms with Gasteiger partial charge in [0.2, 0.25) is 0 Å². The van der Waals surface area contributed by atoms with Crippen LogP contribution in [0.4, 0.5) is 0 Å². The topological polar surface area (TPSA) is 18.5 Å². The Bertz CT molecular complexity index is 722. The molecule has 4 atom stereocenters. The van der Waals surface area contributed by atoms with Gasteiger partial charge in [0.05, 0.1) is 12.2 Å². The average molecular weight is 627 g/mol. The van der Waals surface area contributed by atoms with Crippen LogP contribution in [0, 0.1) is 5.92 Å². The van der Waals surface area contributed by atoms with Gasteiger partial charge in [-0.3, -0.25) is 0 Å². The van der Waals surface area contributed by atoms with E-state index in [9.17, 15) is 0 Å². The molecule has 2 rings (SSSR count). The molecule has 0 aromatic carbocycles. The van der Waals surface area contributed by atoms with E-state index >= 15 is 0 Å². The van der Waals surface area contributed by atoms with E-state index in [-0.39, 0.29) is 5.79 Å². The zero-order valence-corrected chi connectivity index (χ0v) is 30.7. The van der Waals surface area contributed by atoms with Gasteiger partial charge >= 0.3 is 0 Å². The SMILES string of the molecule is CCCCC/C=C\C/C=C\CCCCCCCCC1(CCCCCCCC/C=C\CCCCCCCC)O[C@H]2C[C@@H](C)C[C@H]2O1. The summed E-state index contributed by atoms with van der Waals surface area (Å²) >= 11 is 0. The summed E-state index contributed by atoms with van der Waals surface area (Å²) in [6.45, 7) is 6.93. The fraction of sp³-hybridized carbons (Fsp3) is 0.860. The van der Waals surface area contributed by atoms with Crippen LogP contribution in [0.5, 0.6) is 0 Å². The van der Waals surface area contributed by atoms with Crippen molar-refractivity contribution in [3.05, 3.63) is 36.5 Å². The van der Waals surface area contributed by atoms with Crippen molar-refractivity contribution in [2.45, 2.75) is 231 Å². The normalized spacial score (nSPS) is 23.4. The van der Waals surface area contributed by atoms with Gasteiger partial charge in [0, 0.05) is 12.8 Å². The van der Waals surface area contributed by atoms with Gasteiger partial charge < -0.3 is 9.47 Å². The minimum absolute atomic E-state index is 0.272. The van der Waals surface area contributed by atoms with Crippen LogP contribution in [-0.2, 0) is 9.47 Å². The first-order valence-electron chi connectivity index (χ1n) is 20.5. The van der Waals surface area contributed by atoms with Gasteiger partial charge in [0.1, 0.15) is 0 Å². The summed E-state index contributed by atoms with van der Waals surface area (Å²) in [5.41, 5.74) is 0. The van der Waals surface area contributed by atoms with Crippen molar-refractivity contribution in [1.29, 1.82) is 0 Å². The monoisotopic (exact) mass is 627 g/mol. The second kappa shape index (κ2) is 28.2. The second-order valence-electron chi connectivity index (χ2n) is 14.8. The molecule has 0 radical (unpaired) electrons. The number of ether oxygens (including phenoxy) is 2. The van der Waals surface area contributed by atoms with Crippen molar-refractivity contribution in [1.82, 2.24) is 0 Å². The number of hydrogen-bond donors (Lipinski definition) is 0. The van der Waals surface area contributed by atoms with E-state index in [0.29, 0.717) is 12.2 Å². The highest BCUT2D eigenvalue weighted by molar-refractivity contribution is 4.94. The Morgan fingerprint density at radius 2 is 0.778 bits per heavy atom. The van der Waals surface area contributed by atoms with Crippen molar-refractivity contribution < 1.29 is 9.47 Å². The molecule has 1 unspecified atom stereocenters. The Morgan fingerprint density at radius 3 is 1.22 bits per heavy atom. The van der Waals surface area contributed by atoms with Crippen molar-refractivity contribution in [2.75, 3.05) is 0 Å². The first-order valence-corrected chi connectivity index (χ1v) is 20.5. The van der Waals surface area contributed by atoms with Crippen molar-refractivity contribution in [3.8, 4) is 0 Å². The quantitative estimate of drug-likeness (QED) is 0.0563. The molecule has 0 amide bonds. The third kappa shape index (κ3) is 20.9. The Hall–Kier alpha value is -0.860. The number of rotatable bonds is 31. The third-order valence-corrected chi connectivity index (χ3v) is 10.2. The third-order valence-electron chi connectivity index (χ3n) is 10.2. The molecule has 2 heteroatoms. The summed E-state index contributed by atoms with van der Waals surface area (Å²) in [5, 5.41) is 0. The highest BCUT2D eigenvalue weighted by atomic mass is 16.8. The van der Waals surface area contributed by atoms with Crippen LogP contribution in [-0.4, -0.2) is 18.0 Å². The van der Waals surface area contributed by atoms with Crippen molar-refractivity contribution in [2.24, 2.45) is 5.92 Å². The molecule has 2 fully saturated rings. The predicted molar refractivity (Wildman–Crippen MR) is 199 cm³/mol. The molecule has 1 saturated heterocycles. The van der Waals surface area contributed by atoms with Gasteiger partial charge in [0.25, 0.3) is 0 Å². The fourth-order valence-corrected chi connectivity index (χ4v) is 7.41. The highest BCUT2D eigenvalue weighted by Crippen LogP contribution is 2.45. The summed E-state index contributed by atoms with van der Waals surface area (Å²) in [5.74, 6) is 0.483. The van der Waals surface area contributed by atoms with E-state index < -0.39 is 0 Å². The van der Waals surface area contributed by atoms with E-state index in [4.69, 9.17) is 9.47 Å². The van der Waals surface area contributed by atoms with Gasteiger partial charge in [0.15, 0.2) is 5.79 Å². The Labute approximate surface area is 282 Å². The first-order chi connectivity index (χ1) is 22.2. The molecule has 262 valence electrons. The molecule has 45 heavy (non-hydrogen) atoms. The van der Waals surface area contributed by atoms with Crippen LogP contribution < -0.4 is 0 Å². The maximum Gasteiger partial charge on any atom is 0.169 e. The molecule has 0 spiro atoms. The molecule has 0 bridgehead atoms. The Kier molecular flexibility index (Phi) is 25.2. The van der Waals surface area contributed by atoms with Gasteiger partial charge in [-0.25, -0.2) is 0 Å². The molecule has 2 aliphatic rings. The molecule has 1 heterocycles. The molecule has 0 aromatic rings. The molecule has 1 aliphatic carbocycles. The zero-order chi connectivity index (χ0) is 32.1. The number of fused-ring (bicyclic) bond motifs is 1. The number of hydrogen-bond acceptors (Lipinski definition) is 2. The maximum atomic E-state index is 6.75. The summed E-state index contributed by atoms with van der Waals surface area (Å²) in [6.07, 6.45) is 54.3. The summed E-state index contributed by atoms with van der Waals surface area (Å²) in [6, 6.07) is 0. The predicted octanol–water partition coefficient (Wildman–Crippen LogP) is 14.5. The lowest BCUT2D eigenvalue weighted by Gasteiger charge is -2.30. The van der Waals surface area contributed by atoms with Crippen LogP contribution >= 0.6 is 0 Å². The molecular weight excluding hydrogens is 548 g/mol. The fourth-order valence-electron chi connectivity index (χ4n) is 7.41. The summed E-state index contributed by atoms with van der Waals surface area (Å²) in [4.78, 5) is 0. The minimum atomic E-state index is -0.272. The van der Waals surface area contributed by atoms with Crippen LogP contribution in [0.15, 0.2) is 36.5 Å². The standard InChI is InChI=1S/C43H78O2/c1-4-6-8-10-12-14-16-18-20-22-24-26-28-30-32-34-36-43(44-41-38-40(3)39-42(41)45-43)37-35-33-31-29-27-25-23-21-19-17-15-13-11-9-7-5-2/h12,14,18-21,40-42H,4-11,13,15-17,22-39H2,1-3H3/b14-12-,20-18-,21-19-/t40-,41+,42-,43?. The lowest BCUT2D eigenvalue weighted by atomic mass is 9.98. The maximum absolute atomic E-state index is 6.75. The lowest BCUT2D eigenvalue weighted by molar-refractivity contribution is -0.192. The van der Waals surface area contributed by atoms with Gasteiger partial charge in [-0.15, -0.1) is 0 Å². The van der Waals surface area contributed by atoms with E-state index in [1.165, 1.54) is 173 Å². The molecule has 1 aliphatic heterocycles. The number of unbranched alkanes of at least 4 members (excludes halogenated alkanes) is 21. The Morgan fingerprint density at radius 1 is 0.444 bits per heavy atom. The van der Waals surface area contributed by atoms with E-state index in [1.807, 2.05) is 0 Å². The minimum Gasteiger partial charge on any atom is -0.344 e. The van der Waals surface area contributed by atoms with Crippen molar-refractivity contribution >= 4 is 0 Å². The van der Waals surface area contributed by atoms with Crippen LogP contribution in [0.3, 0.4) is 0 Å². The highest BCUT2D eigenvalue weighted by Gasteiger charge is 2.50. The van der Waals surface area contributed by atoms with Gasteiger partial charge in [-0.2, -0.15) is 0 Å². The smallest absolute Gasteiger partial charge is 0.169 e. The molecule has 1 saturated carbocycles. The lowest BCUT2D eigenvalue weighted by Crippen LogP contribution is -2.32. The van der Waals surface area contributed by atoms with Crippen LogP contribution in [0.1, 0.15) is 213 Å². The van der Waals surface area contributed by atoms with Crippen molar-refractivity contribution in [3.63, 3.8) is 0 Å². The van der Waals surface area contributed by atoms with Gasteiger partial charge in [-0.05, 0) is 89.4 Å². The average Bonchev–Trinajstić information content (AvgIpc) is 3.54. The van der Waals surface area contributed by atoms with Gasteiger partial charge in [-0.1, -0.05) is 154 Å². The van der Waals surface area contributed by atoms with Crippen LogP contribution in [0.2, 0.25) is 0 Å². The second-order valence-corrected chi connectivity index (χ2v) is 14.8. The molecule has 0 aromatic heterocycles. The summed E-state index contributed by atoms with van der Waals surface area (Å²) in [7, 11) is 0. The molecule has 0 N–H and O–H groups in total. The zero-order valence-electron chi connectivity index (χ0n) is 30.7. The molecular formula is C43H78O2. The summed E-state index contributed by atoms with van der Waals surface area (Å²) < 4.78 is 13.5. The number of allylic oxidation sites excluding steroid dienone is 6. The molecule has 2 nitrogen and oxygen atoms in total. The largest absolute Gasteiger partial charge is 0.344 e. The van der Waals surface area contributed by atoms with E-state index in [2.05, 4.69) is 57.2 Å². The van der Waals surface area contributed by atoms with E-state index in [0.717, 1.165) is 25.2 Å². The van der Waals surface area contributed by atoms with E-state index in [1.54, 1.807) is 0 Å². The van der Waals surface area contributed by atoms with Crippen LogP contribution in [0.25, 0.3) is 0 Å².